The van der Waals surface area contributed by atoms with Gasteiger partial charge in [-0.3, -0.25) is 0 Å². The molecule has 17 heavy (non-hydrogen) atoms. The van der Waals surface area contributed by atoms with Crippen molar-refractivity contribution in [3.05, 3.63) is 17.3 Å². The summed E-state index contributed by atoms with van der Waals surface area (Å²) in [5, 5.41) is 12.1. The normalized spacial score (nSPS) is 20.8. The fraction of sp³-hybridized carbons (Fsp3) is 0.667. The minimum Gasteiger partial charge on any atom is -0.380 e. The molecule has 1 saturated heterocycles. The molecule has 92 valence electrons. The van der Waals surface area contributed by atoms with E-state index in [1.165, 1.54) is 5.56 Å². The lowest BCUT2D eigenvalue weighted by atomic mass is 10.1. The van der Waals surface area contributed by atoms with Gasteiger partial charge in [-0.25, -0.2) is 0 Å². The summed E-state index contributed by atoms with van der Waals surface area (Å²) in [5.74, 6) is 0.998. The van der Waals surface area contributed by atoms with E-state index in [4.69, 9.17) is 4.74 Å². The molecule has 1 aromatic rings. The van der Waals surface area contributed by atoms with Crippen molar-refractivity contribution in [2.45, 2.75) is 19.4 Å². The number of anilines is 1. The van der Waals surface area contributed by atoms with E-state index in [1.54, 1.807) is 0 Å². The van der Waals surface area contributed by atoms with Crippen molar-refractivity contribution < 1.29 is 4.74 Å². The maximum absolute atomic E-state index is 5.46. The third-order valence-electron chi connectivity index (χ3n) is 3.35. The minimum absolute atomic E-state index is 0.789. The zero-order chi connectivity index (χ0) is 11.5. The van der Waals surface area contributed by atoms with Gasteiger partial charge in [-0.15, -0.1) is 5.10 Å². The van der Waals surface area contributed by atoms with Gasteiger partial charge in [-0.1, -0.05) is 0 Å². The molecule has 0 bridgehead atoms. The van der Waals surface area contributed by atoms with Crippen molar-refractivity contribution >= 4 is 5.82 Å². The predicted octanol–water partition coefficient (Wildman–Crippen LogP) is 0.349. The fourth-order valence-electron chi connectivity index (χ4n) is 2.37. The summed E-state index contributed by atoms with van der Waals surface area (Å²) in [4.78, 5) is 2.27. The van der Waals surface area contributed by atoms with Crippen LogP contribution in [0.4, 0.5) is 5.82 Å². The number of rotatable bonds is 1. The van der Waals surface area contributed by atoms with Crippen LogP contribution in [-0.4, -0.2) is 43.0 Å². The van der Waals surface area contributed by atoms with Crippen molar-refractivity contribution in [3.8, 4) is 0 Å². The van der Waals surface area contributed by atoms with Crippen molar-refractivity contribution in [2.75, 3.05) is 37.7 Å². The van der Waals surface area contributed by atoms with Gasteiger partial charge in [0.25, 0.3) is 0 Å². The van der Waals surface area contributed by atoms with E-state index in [1.807, 2.05) is 0 Å². The second-order valence-electron chi connectivity index (χ2n) is 4.55. The highest BCUT2D eigenvalue weighted by Crippen LogP contribution is 2.18. The number of nitrogens with one attached hydrogen (secondary N) is 1. The molecule has 3 heterocycles. The van der Waals surface area contributed by atoms with Gasteiger partial charge < -0.3 is 15.0 Å². The van der Waals surface area contributed by atoms with E-state index in [0.717, 1.165) is 63.7 Å². The van der Waals surface area contributed by atoms with Crippen LogP contribution in [0.2, 0.25) is 0 Å². The van der Waals surface area contributed by atoms with Gasteiger partial charge in [0.1, 0.15) is 0 Å². The molecule has 0 unspecified atom stereocenters. The van der Waals surface area contributed by atoms with Gasteiger partial charge in [-0.05, 0) is 18.1 Å². The van der Waals surface area contributed by atoms with Crippen LogP contribution in [0, 0.1) is 0 Å². The first-order chi connectivity index (χ1) is 8.43. The van der Waals surface area contributed by atoms with Crippen LogP contribution in [0.1, 0.15) is 17.7 Å². The molecule has 0 amide bonds. The third-order valence-corrected chi connectivity index (χ3v) is 3.35. The van der Waals surface area contributed by atoms with Crippen molar-refractivity contribution in [1.82, 2.24) is 15.5 Å². The van der Waals surface area contributed by atoms with Gasteiger partial charge in [0, 0.05) is 39.2 Å². The molecule has 0 atom stereocenters. The van der Waals surface area contributed by atoms with Crippen molar-refractivity contribution in [2.24, 2.45) is 0 Å². The molecule has 0 aromatic carbocycles. The lowest BCUT2D eigenvalue weighted by Crippen LogP contribution is -2.29. The maximum atomic E-state index is 5.46. The molecule has 2 aliphatic heterocycles. The maximum Gasteiger partial charge on any atom is 0.151 e. The average Bonchev–Trinajstić information content (AvgIpc) is 2.67. The Kier molecular flexibility index (Phi) is 3.20. The summed E-state index contributed by atoms with van der Waals surface area (Å²) in [6.07, 6.45) is 2.06. The van der Waals surface area contributed by atoms with Gasteiger partial charge in [0.15, 0.2) is 5.82 Å². The number of ether oxygens (including phenoxy) is 1. The fourth-order valence-corrected chi connectivity index (χ4v) is 2.37. The second-order valence-corrected chi connectivity index (χ2v) is 4.55. The average molecular weight is 234 g/mol. The summed E-state index contributed by atoms with van der Waals surface area (Å²) in [6, 6.07) is 2.18. The second kappa shape index (κ2) is 4.98. The molecule has 5 heteroatoms. The Morgan fingerprint density at radius 3 is 3.24 bits per heavy atom. The molecule has 0 spiro atoms. The minimum atomic E-state index is 0.789. The number of aromatic nitrogens is 2. The van der Waals surface area contributed by atoms with Gasteiger partial charge in [0.05, 0.1) is 12.3 Å². The van der Waals surface area contributed by atoms with Gasteiger partial charge in [-0.2, -0.15) is 5.10 Å². The Bertz CT molecular complexity index is 388. The van der Waals surface area contributed by atoms with Crippen molar-refractivity contribution in [1.29, 1.82) is 0 Å². The predicted molar refractivity (Wildman–Crippen MR) is 65.1 cm³/mol. The molecule has 0 radical (unpaired) electrons. The number of hydrogen-bond donors (Lipinski definition) is 1. The Labute approximate surface area is 101 Å². The molecule has 1 aromatic heterocycles. The highest BCUT2D eigenvalue weighted by Gasteiger charge is 2.16. The van der Waals surface area contributed by atoms with Gasteiger partial charge >= 0.3 is 0 Å². The van der Waals surface area contributed by atoms with E-state index in [0.29, 0.717) is 0 Å². The molecule has 0 saturated carbocycles. The van der Waals surface area contributed by atoms with Crippen LogP contribution in [0.25, 0.3) is 0 Å². The highest BCUT2D eigenvalue weighted by atomic mass is 16.5. The summed E-state index contributed by atoms with van der Waals surface area (Å²) >= 11 is 0. The van der Waals surface area contributed by atoms with Crippen LogP contribution in [0.5, 0.6) is 0 Å². The Balaban J connectivity index is 1.82. The zero-order valence-corrected chi connectivity index (χ0v) is 9.98. The standard InChI is InChI=1S/C12H18N4O/c1-4-16(5-7-17-6-1)12-8-10-9-13-3-2-11(10)14-15-12/h8,13H,1-7,9H2. The van der Waals surface area contributed by atoms with E-state index in [-0.39, 0.29) is 0 Å². The monoisotopic (exact) mass is 234 g/mol. The van der Waals surface area contributed by atoms with Crippen LogP contribution >= 0.6 is 0 Å². The summed E-state index contributed by atoms with van der Waals surface area (Å²) in [7, 11) is 0. The largest absolute Gasteiger partial charge is 0.380 e. The molecule has 5 nitrogen and oxygen atoms in total. The highest BCUT2D eigenvalue weighted by molar-refractivity contribution is 5.42. The first-order valence-corrected chi connectivity index (χ1v) is 6.32. The van der Waals surface area contributed by atoms with Crippen LogP contribution in [-0.2, 0) is 17.7 Å². The smallest absolute Gasteiger partial charge is 0.151 e. The van der Waals surface area contributed by atoms with Gasteiger partial charge in [0.2, 0.25) is 0 Å². The molecular formula is C12H18N4O. The zero-order valence-electron chi connectivity index (χ0n) is 9.98. The molecule has 1 N–H and O–H groups in total. The summed E-state index contributed by atoms with van der Waals surface area (Å²) in [6.45, 7) is 5.51. The van der Waals surface area contributed by atoms with Crippen LogP contribution in [0.3, 0.4) is 0 Å². The first-order valence-electron chi connectivity index (χ1n) is 6.32. The molecule has 2 aliphatic rings. The number of hydrogen-bond acceptors (Lipinski definition) is 5. The van der Waals surface area contributed by atoms with E-state index in [9.17, 15) is 0 Å². The molecule has 3 rings (SSSR count). The Morgan fingerprint density at radius 1 is 1.24 bits per heavy atom. The number of fused-ring (bicyclic) bond motifs is 1. The van der Waals surface area contributed by atoms with Crippen LogP contribution < -0.4 is 10.2 Å². The van der Waals surface area contributed by atoms with E-state index >= 15 is 0 Å². The quantitative estimate of drug-likeness (QED) is 0.760. The summed E-state index contributed by atoms with van der Waals surface area (Å²) < 4.78 is 5.46. The lowest BCUT2D eigenvalue weighted by molar-refractivity contribution is 0.152. The SMILES string of the molecule is c1c(N2CCCOCC2)nnc2c1CNCC2. The van der Waals surface area contributed by atoms with E-state index < -0.39 is 0 Å². The van der Waals surface area contributed by atoms with Crippen molar-refractivity contribution in [3.63, 3.8) is 0 Å². The first kappa shape index (κ1) is 10.9. The number of nitrogens with zero attached hydrogens (tertiary/aromatic N) is 3. The Hall–Kier alpha value is -1.20. The topological polar surface area (TPSA) is 50.3 Å². The summed E-state index contributed by atoms with van der Waals surface area (Å²) in [5.41, 5.74) is 2.45. The van der Waals surface area contributed by atoms with Crippen LogP contribution in [0.15, 0.2) is 6.07 Å². The molecule has 1 fully saturated rings. The van der Waals surface area contributed by atoms with E-state index in [2.05, 4.69) is 26.5 Å². The Morgan fingerprint density at radius 2 is 2.24 bits per heavy atom. The third kappa shape index (κ3) is 2.40. The molecular weight excluding hydrogens is 216 g/mol. The lowest BCUT2D eigenvalue weighted by Gasteiger charge is -2.22. The molecule has 0 aliphatic carbocycles.